The lowest BCUT2D eigenvalue weighted by Crippen LogP contribution is -2.25. The van der Waals surface area contributed by atoms with E-state index >= 15 is 0 Å². The van der Waals surface area contributed by atoms with E-state index in [0.717, 1.165) is 4.90 Å². The first-order valence-corrected chi connectivity index (χ1v) is 6.34. The number of hydrogen-bond acceptors (Lipinski definition) is 3. The van der Waals surface area contributed by atoms with Gasteiger partial charge in [0.1, 0.15) is 11.4 Å². The minimum absolute atomic E-state index is 0.0177. The highest BCUT2D eigenvalue weighted by molar-refractivity contribution is 14.1. The molecule has 1 aromatic carbocycles. The fraction of sp³-hybridized carbons (Fsp3) is 0.0909. The number of benzene rings is 1. The molecule has 7 heteroatoms. The second-order valence-electron chi connectivity index (χ2n) is 3.68. The van der Waals surface area contributed by atoms with E-state index in [1.807, 2.05) is 22.6 Å². The van der Waals surface area contributed by atoms with Gasteiger partial charge in [0, 0.05) is 17.6 Å². The van der Waals surface area contributed by atoms with Gasteiger partial charge in [-0.2, -0.15) is 0 Å². The topological polar surface area (TPSA) is 69.6 Å². The maximum Gasteiger partial charge on any atom is 0.328 e. The number of carbonyl (C=O) groups is 2. The number of imide groups is 1. The van der Waals surface area contributed by atoms with E-state index in [9.17, 15) is 14.7 Å². The molecule has 0 atom stereocenters. The number of carbonyl (C=O) groups excluding carboxylic acids is 2. The van der Waals surface area contributed by atoms with Crippen molar-refractivity contribution in [2.24, 2.45) is 0 Å². The first-order chi connectivity index (χ1) is 8.40. The smallest absolute Gasteiger partial charge is 0.328 e. The molecule has 0 aliphatic carbocycles. The number of phenolic OH excluding ortho intramolecular Hbond substituents is 1. The van der Waals surface area contributed by atoms with Gasteiger partial charge in [0.2, 0.25) is 0 Å². The van der Waals surface area contributed by atoms with Gasteiger partial charge in [0.25, 0.3) is 5.91 Å². The normalized spacial score (nSPS) is 17.5. The molecule has 0 radical (unpaired) electrons. The molecule has 1 fully saturated rings. The van der Waals surface area contributed by atoms with Crippen LogP contribution >= 0.6 is 34.2 Å². The first kappa shape index (κ1) is 13.2. The van der Waals surface area contributed by atoms with Crippen LogP contribution in [0.2, 0.25) is 5.02 Å². The average Bonchev–Trinajstić information content (AvgIpc) is 2.53. The molecular weight excluding hydrogens is 370 g/mol. The van der Waals surface area contributed by atoms with Crippen LogP contribution in [-0.2, 0) is 4.79 Å². The number of nitrogens with zero attached hydrogens (tertiary/aromatic N) is 1. The van der Waals surface area contributed by atoms with Gasteiger partial charge in [0.05, 0.1) is 3.57 Å². The van der Waals surface area contributed by atoms with Crippen molar-refractivity contribution >= 4 is 52.2 Å². The van der Waals surface area contributed by atoms with Crippen molar-refractivity contribution in [1.29, 1.82) is 0 Å². The van der Waals surface area contributed by atoms with Crippen molar-refractivity contribution in [2.75, 3.05) is 7.05 Å². The predicted octanol–water partition coefficient (Wildman–Crippen LogP) is 2.17. The molecule has 0 saturated carbocycles. The van der Waals surface area contributed by atoms with Gasteiger partial charge in [0.15, 0.2) is 0 Å². The predicted molar refractivity (Wildman–Crippen MR) is 75.1 cm³/mol. The molecule has 2 N–H and O–H groups in total. The summed E-state index contributed by atoms with van der Waals surface area (Å²) in [5.74, 6) is -0.432. The monoisotopic (exact) mass is 378 g/mol. The van der Waals surface area contributed by atoms with Gasteiger partial charge in [-0.3, -0.25) is 9.69 Å². The van der Waals surface area contributed by atoms with Crippen LogP contribution in [0.1, 0.15) is 5.56 Å². The van der Waals surface area contributed by atoms with Crippen LogP contribution in [0, 0.1) is 3.57 Å². The van der Waals surface area contributed by atoms with Gasteiger partial charge in [-0.05, 0) is 40.8 Å². The highest BCUT2D eigenvalue weighted by Gasteiger charge is 2.30. The molecule has 1 aliphatic rings. The van der Waals surface area contributed by atoms with Crippen LogP contribution < -0.4 is 5.32 Å². The molecule has 1 saturated heterocycles. The molecule has 0 spiro atoms. The molecule has 5 nitrogen and oxygen atoms in total. The zero-order chi connectivity index (χ0) is 13.4. The Morgan fingerprint density at radius 1 is 1.44 bits per heavy atom. The summed E-state index contributed by atoms with van der Waals surface area (Å²) in [6, 6.07) is 2.62. The van der Waals surface area contributed by atoms with Gasteiger partial charge in [-0.15, -0.1) is 0 Å². The Labute approximate surface area is 122 Å². The van der Waals surface area contributed by atoms with Crippen molar-refractivity contribution in [3.8, 4) is 5.75 Å². The molecule has 94 valence electrons. The highest BCUT2D eigenvalue weighted by atomic mass is 127. The van der Waals surface area contributed by atoms with E-state index in [2.05, 4.69) is 5.32 Å². The summed E-state index contributed by atoms with van der Waals surface area (Å²) < 4.78 is 0.567. The Kier molecular flexibility index (Phi) is 3.49. The summed E-state index contributed by atoms with van der Waals surface area (Å²) in [4.78, 5) is 23.9. The van der Waals surface area contributed by atoms with Crippen LogP contribution in [0.15, 0.2) is 17.8 Å². The zero-order valence-corrected chi connectivity index (χ0v) is 12.1. The van der Waals surface area contributed by atoms with Gasteiger partial charge in [-0.25, -0.2) is 4.79 Å². The van der Waals surface area contributed by atoms with Crippen molar-refractivity contribution in [1.82, 2.24) is 10.2 Å². The fourth-order valence-electron chi connectivity index (χ4n) is 1.47. The van der Waals surface area contributed by atoms with Crippen LogP contribution in [-0.4, -0.2) is 29.0 Å². The molecule has 1 aromatic rings. The van der Waals surface area contributed by atoms with E-state index in [-0.39, 0.29) is 11.4 Å². The van der Waals surface area contributed by atoms with E-state index in [1.54, 1.807) is 6.07 Å². The van der Waals surface area contributed by atoms with Crippen LogP contribution in [0.25, 0.3) is 6.08 Å². The van der Waals surface area contributed by atoms with Crippen molar-refractivity contribution < 1.29 is 14.7 Å². The standard InChI is InChI=1S/C11H8ClIN2O3/c1-15-10(17)8(14-11(15)18)3-5-2-6(12)4-7(13)9(5)16/h2-4,16H,1H3,(H,14,18)/b8-3+. The molecule has 18 heavy (non-hydrogen) atoms. The molecule has 0 aromatic heterocycles. The van der Waals surface area contributed by atoms with Crippen molar-refractivity contribution in [3.63, 3.8) is 0 Å². The van der Waals surface area contributed by atoms with E-state index in [1.165, 1.54) is 19.2 Å². The highest BCUT2D eigenvalue weighted by Crippen LogP contribution is 2.30. The van der Waals surface area contributed by atoms with Crippen LogP contribution in [0.5, 0.6) is 5.75 Å². The number of nitrogens with one attached hydrogen (secondary N) is 1. The summed E-state index contributed by atoms with van der Waals surface area (Å²) in [7, 11) is 1.38. The molecular formula is C11H8ClIN2O3. The summed E-state index contributed by atoms with van der Waals surface area (Å²) in [6.07, 6.45) is 1.40. The van der Waals surface area contributed by atoms with Crippen LogP contribution in [0.3, 0.4) is 0 Å². The third-order valence-electron chi connectivity index (χ3n) is 2.44. The number of halogens is 2. The number of urea groups is 1. The van der Waals surface area contributed by atoms with Crippen molar-refractivity contribution in [3.05, 3.63) is 32.0 Å². The molecule has 2 rings (SSSR count). The molecule has 0 unspecified atom stereocenters. The van der Waals surface area contributed by atoms with Gasteiger partial charge < -0.3 is 10.4 Å². The van der Waals surface area contributed by atoms with E-state index in [4.69, 9.17) is 11.6 Å². The van der Waals surface area contributed by atoms with E-state index in [0.29, 0.717) is 14.2 Å². The second kappa shape index (κ2) is 4.77. The third kappa shape index (κ3) is 2.30. The van der Waals surface area contributed by atoms with Gasteiger partial charge in [-0.1, -0.05) is 11.6 Å². The SMILES string of the molecule is CN1C(=O)N/C(=C/c2cc(Cl)cc(I)c2O)C1=O. The number of aromatic hydroxyl groups is 1. The zero-order valence-electron chi connectivity index (χ0n) is 9.20. The number of phenols is 1. The Morgan fingerprint density at radius 2 is 2.11 bits per heavy atom. The molecule has 1 heterocycles. The number of amides is 3. The first-order valence-electron chi connectivity index (χ1n) is 4.89. The maximum absolute atomic E-state index is 11.7. The van der Waals surface area contributed by atoms with Gasteiger partial charge >= 0.3 is 6.03 Å². The summed E-state index contributed by atoms with van der Waals surface area (Å²) in [5, 5.41) is 12.7. The van der Waals surface area contributed by atoms with E-state index < -0.39 is 11.9 Å². The lowest BCUT2D eigenvalue weighted by molar-refractivity contribution is -0.121. The molecule has 1 aliphatic heterocycles. The maximum atomic E-state index is 11.7. The Morgan fingerprint density at radius 3 is 2.67 bits per heavy atom. The molecule has 0 bridgehead atoms. The van der Waals surface area contributed by atoms with Crippen LogP contribution in [0.4, 0.5) is 4.79 Å². The minimum atomic E-state index is -0.498. The second-order valence-corrected chi connectivity index (χ2v) is 5.28. The third-order valence-corrected chi connectivity index (χ3v) is 3.48. The Balaban J connectivity index is 2.46. The Hall–Kier alpha value is -1.28. The minimum Gasteiger partial charge on any atom is -0.506 e. The summed E-state index contributed by atoms with van der Waals surface area (Å²) >= 11 is 7.80. The summed E-state index contributed by atoms with van der Waals surface area (Å²) in [6.45, 7) is 0. The van der Waals surface area contributed by atoms with Crippen molar-refractivity contribution in [2.45, 2.75) is 0 Å². The fourth-order valence-corrected chi connectivity index (χ4v) is 2.53. The average molecular weight is 379 g/mol. The number of likely N-dealkylation sites (N-methyl/N-ethyl adjacent to an activating group) is 1. The number of rotatable bonds is 1. The largest absolute Gasteiger partial charge is 0.506 e. The quantitative estimate of drug-likeness (QED) is 0.447. The lowest BCUT2D eigenvalue weighted by Gasteiger charge is -2.04. The molecule has 3 amide bonds. The lowest BCUT2D eigenvalue weighted by atomic mass is 10.1. The number of hydrogen-bond donors (Lipinski definition) is 2. The summed E-state index contributed by atoms with van der Waals surface area (Å²) in [5.41, 5.74) is 0.488. The Bertz CT molecular complexity index is 586.